The van der Waals surface area contributed by atoms with Crippen LogP contribution in [0.3, 0.4) is 0 Å². The van der Waals surface area contributed by atoms with Gasteiger partial charge < -0.3 is 14.8 Å². The first-order chi connectivity index (χ1) is 9.54. The van der Waals surface area contributed by atoms with Crippen molar-refractivity contribution in [3.8, 4) is 5.75 Å². The first kappa shape index (κ1) is 16.4. The van der Waals surface area contributed by atoms with E-state index in [2.05, 4.69) is 14.8 Å². The number of hydrogen-bond donors (Lipinski definition) is 1. The van der Waals surface area contributed by atoms with E-state index < -0.39 is 6.61 Å². The molecule has 20 heavy (non-hydrogen) atoms. The van der Waals surface area contributed by atoms with E-state index in [0.717, 1.165) is 0 Å². The van der Waals surface area contributed by atoms with Gasteiger partial charge in [0.1, 0.15) is 5.75 Å². The first-order valence-corrected chi connectivity index (χ1v) is 6.38. The van der Waals surface area contributed by atoms with Crippen LogP contribution in [-0.2, 0) is 9.53 Å². The lowest BCUT2D eigenvalue weighted by atomic mass is 10.1. The number of carbonyl (C=O) groups is 1. The van der Waals surface area contributed by atoms with Gasteiger partial charge in [0.05, 0.1) is 7.11 Å². The van der Waals surface area contributed by atoms with Crippen LogP contribution < -0.4 is 10.1 Å². The summed E-state index contributed by atoms with van der Waals surface area (Å²) >= 11 is 0. The molecule has 0 fully saturated rings. The quantitative estimate of drug-likeness (QED) is 0.590. The van der Waals surface area contributed by atoms with Gasteiger partial charge in [0.25, 0.3) is 0 Å². The second kappa shape index (κ2) is 8.47. The predicted octanol–water partition coefficient (Wildman–Crippen LogP) is 2.89. The largest absolute Gasteiger partial charge is 0.469 e. The molecule has 1 aromatic carbocycles. The molecule has 0 aliphatic heterocycles. The Morgan fingerprint density at radius 2 is 2.05 bits per heavy atom. The summed E-state index contributed by atoms with van der Waals surface area (Å²) in [4.78, 5) is 10.9. The third-order valence-electron chi connectivity index (χ3n) is 2.84. The molecule has 0 spiro atoms. The Morgan fingerprint density at radius 1 is 1.35 bits per heavy atom. The van der Waals surface area contributed by atoms with Gasteiger partial charge in [-0.2, -0.15) is 8.78 Å². The molecule has 1 rings (SSSR count). The van der Waals surface area contributed by atoms with Gasteiger partial charge in [0.2, 0.25) is 0 Å². The summed E-state index contributed by atoms with van der Waals surface area (Å²) in [6.07, 6.45) is 0.945. The van der Waals surface area contributed by atoms with E-state index in [1.54, 1.807) is 18.2 Å². The SMILES string of the molecule is COC(=O)CCCNC(C)c1ccccc1OC(F)F. The lowest BCUT2D eigenvalue weighted by Gasteiger charge is -2.17. The third-order valence-corrected chi connectivity index (χ3v) is 2.84. The zero-order valence-corrected chi connectivity index (χ0v) is 11.6. The Morgan fingerprint density at radius 3 is 2.70 bits per heavy atom. The number of carbonyl (C=O) groups excluding carboxylic acids is 1. The lowest BCUT2D eigenvalue weighted by molar-refractivity contribution is -0.140. The van der Waals surface area contributed by atoms with Crippen LogP contribution in [-0.4, -0.2) is 26.2 Å². The van der Waals surface area contributed by atoms with Gasteiger partial charge in [0, 0.05) is 18.0 Å². The van der Waals surface area contributed by atoms with E-state index in [9.17, 15) is 13.6 Å². The molecule has 0 aromatic heterocycles. The number of esters is 1. The summed E-state index contributed by atoms with van der Waals surface area (Å²) in [5, 5.41) is 3.16. The number of hydrogen-bond acceptors (Lipinski definition) is 4. The van der Waals surface area contributed by atoms with Gasteiger partial charge in [0.15, 0.2) is 0 Å². The minimum atomic E-state index is -2.84. The van der Waals surface area contributed by atoms with E-state index in [-0.39, 0.29) is 17.8 Å². The maximum absolute atomic E-state index is 12.3. The molecule has 0 heterocycles. The maximum Gasteiger partial charge on any atom is 0.387 e. The van der Waals surface area contributed by atoms with Crippen molar-refractivity contribution in [3.63, 3.8) is 0 Å². The van der Waals surface area contributed by atoms with Gasteiger partial charge in [-0.15, -0.1) is 0 Å². The van der Waals surface area contributed by atoms with Crippen LogP contribution in [0.5, 0.6) is 5.75 Å². The average molecular weight is 287 g/mol. The zero-order chi connectivity index (χ0) is 15.0. The Bertz CT molecular complexity index is 427. The highest BCUT2D eigenvalue weighted by molar-refractivity contribution is 5.69. The molecule has 112 valence electrons. The number of ether oxygens (including phenoxy) is 2. The smallest absolute Gasteiger partial charge is 0.387 e. The monoisotopic (exact) mass is 287 g/mol. The van der Waals surface area contributed by atoms with Crippen LogP contribution in [0.2, 0.25) is 0 Å². The van der Waals surface area contributed by atoms with Gasteiger partial charge in [-0.25, -0.2) is 0 Å². The highest BCUT2D eigenvalue weighted by Gasteiger charge is 2.14. The van der Waals surface area contributed by atoms with Crippen LogP contribution in [0.25, 0.3) is 0 Å². The standard InChI is InChI=1S/C14H19F2NO3/c1-10(17-9-5-8-13(18)19-2)11-6-3-4-7-12(11)20-14(15)16/h3-4,6-7,10,14,17H,5,8-9H2,1-2H3. The molecule has 0 aliphatic rings. The van der Waals surface area contributed by atoms with Crippen LogP contribution in [0.15, 0.2) is 24.3 Å². The fourth-order valence-corrected chi connectivity index (χ4v) is 1.80. The summed E-state index contributed by atoms with van der Waals surface area (Å²) in [6, 6.07) is 6.50. The molecule has 0 aliphatic carbocycles. The molecule has 0 saturated heterocycles. The van der Waals surface area contributed by atoms with Crippen molar-refractivity contribution in [2.75, 3.05) is 13.7 Å². The number of methoxy groups -OCH3 is 1. The van der Waals surface area contributed by atoms with Crippen molar-refractivity contribution < 1.29 is 23.0 Å². The number of rotatable bonds is 8. The van der Waals surface area contributed by atoms with Crippen LogP contribution in [0.4, 0.5) is 8.78 Å². The predicted molar refractivity (Wildman–Crippen MR) is 70.7 cm³/mol. The zero-order valence-electron chi connectivity index (χ0n) is 11.6. The van der Waals surface area contributed by atoms with Gasteiger partial charge in [-0.1, -0.05) is 18.2 Å². The minimum absolute atomic E-state index is 0.150. The average Bonchev–Trinajstić information content (AvgIpc) is 2.43. The minimum Gasteiger partial charge on any atom is -0.469 e. The molecule has 0 amide bonds. The summed E-state index contributed by atoms with van der Waals surface area (Å²) in [5.41, 5.74) is 0.658. The second-order valence-electron chi connectivity index (χ2n) is 4.27. The normalized spacial score (nSPS) is 12.2. The Kier molecular flexibility index (Phi) is 6.93. The van der Waals surface area contributed by atoms with Gasteiger partial charge >= 0.3 is 12.6 Å². The van der Waals surface area contributed by atoms with Crippen LogP contribution >= 0.6 is 0 Å². The molecular formula is C14H19F2NO3. The van der Waals surface area contributed by atoms with E-state index in [1.807, 2.05) is 6.92 Å². The summed E-state index contributed by atoms with van der Waals surface area (Å²) < 4.78 is 33.6. The molecule has 1 N–H and O–H groups in total. The van der Waals surface area contributed by atoms with E-state index in [4.69, 9.17) is 0 Å². The Hall–Kier alpha value is -1.69. The number of halogens is 2. The van der Waals surface area contributed by atoms with E-state index >= 15 is 0 Å². The van der Waals surface area contributed by atoms with Crippen molar-refractivity contribution in [1.29, 1.82) is 0 Å². The lowest BCUT2D eigenvalue weighted by Crippen LogP contribution is -2.21. The fourth-order valence-electron chi connectivity index (χ4n) is 1.80. The maximum atomic E-state index is 12.3. The molecule has 1 aromatic rings. The van der Waals surface area contributed by atoms with E-state index in [0.29, 0.717) is 24.9 Å². The summed E-state index contributed by atoms with van der Waals surface area (Å²) in [6.45, 7) is -0.409. The molecule has 4 nitrogen and oxygen atoms in total. The molecule has 1 atom stereocenters. The highest BCUT2D eigenvalue weighted by atomic mass is 19.3. The van der Waals surface area contributed by atoms with Crippen LogP contribution in [0.1, 0.15) is 31.4 Å². The van der Waals surface area contributed by atoms with Crippen molar-refractivity contribution in [2.24, 2.45) is 0 Å². The van der Waals surface area contributed by atoms with Crippen LogP contribution in [0, 0.1) is 0 Å². The Labute approximate surface area is 117 Å². The molecule has 0 saturated carbocycles. The summed E-state index contributed by atoms with van der Waals surface area (Å²) in [7, 11) is 1.34. The van der Waals surface area contributed by atoms with Gasteiger partial charge in [-0.05, 0) is 26.0 Å². The van der Waals surface area contributed by atoms with Crippen molar-refractivity contribution in [3.05, 3.63) is 29.8 Å². The first-order valence-electron chi connectivity index (χ1n) is 6.38. The number of nitrogens with one attached hydrogen (secondary N) is 1. The third kappa shape index (κ3) is 5.52. The van der Waals surface area contributed by atoms with Crippen molar-refractivity contribution >= 4 is 5.97 Å². The van der Waals surface area contributed by atoms with Gasteiger partial charge in [-0.3, -0.25) is 4.79 Å². The second-order valence-corrected chi connectivity index (χ2v) is 4.27. The molecule has 0 bridgehead atoms. The molecule has 6 heteroatoms. The number of benzene rings is 1. The van der Waals surface area contributed by atoms with E-state index in [1.165, 1.54) is 13.2 Å². The number of alkyl halides is 2. The topological polar surface area (TPSA) is 47.6 Å². The number of para-hydroxylation sites is 1. The Balaban J connectivity index is 2.50. The molecule has 1 unspecified atom stereocenters. The van der Waals surface area contributed by atoms with Crippen molar-refractivity contribution in [2.45, 2.75) is 32.4 Å². The fraction of sp³-hybridized carbons (Fsp3) is 0.500. The van der Waals surface area contributed by atoms with Crippen molar-refractivity contribution in [1.82, 2.24) is 5.32 Å². The summed E-state index contributed by atoms with van der Waals surface area (Å²) in [5.74, 6) is -0.101. The molecular weight excluding hydrogens is 268 g/mol. The molecule has 0 radical (unpaired) electrons. The highest BCUT2D eigenvalue weighted by Crippen LogP contribution is 2.26.